The van der Waals surface area contributed by atoms with E-state index in [9.17, 15) is 4.79 Å². The minimum absolute atomic E-state index is 0.232. The Hall–Kier alpha value is -1.61. The van der Waals surface area contributed by atoms with Gasteiger partial charge in [-0.3, -0.25) is 4.79 Å². The van der Waals surface area contributed by atoms with Crippen molar-refractivity contribution in [3.63, 3.8) is 0 Å². The molecule has 0 radical (unpaired) electrons. The van der Waals surface area contributed by atoms with Gasteiger partial charge in [-0.05, 0) is 30.7 Å². The summed E-state index contributed by atoms with van der Waals surface area (Å²) in [6.07, 6.45) is 0.698. The Balaban J connectivity index is 2.80. The summed E-state index contributed by atoms with van der Waals surface area (Å²) in [4.78, 5) is 15.0. The third-order valence-corrected chi connectivity index (χ3v) is 2.73. The van der Waals surface area contributed by atoms with Gasteiger partial charge in [-0.2, -0.15) is 0 Å². The van der Waals surface area contributed by atoms with Crippen molar-refractivity contribution in [3.8, 4) is 5.75 Å². The van der Waals surface area contributed by atoms with Crippen LogP contribution < -0.4 is 4.74 Å². The van der Waals surface area contributed by atoms with E-state index in [1.165, 1.54) is 0 Å². The molecule has 0 aliphatic carbocycles. The van der Waals surface area contributed by atoms with E-state index in [2.05, 4.69) is 4.98 Å². The standard InChI is InChI=1S/C12H10ClNO2/c1-7-3-10(16-2)5-8-4-9(6-15)12(13)14-11(7)8/h3-6H,1-2H3. The second-order valence-electron chi connectivity index (χ2n) is 3.50. The number of ether oxygens (including phenoxy) is 1. The number of aromatic nitrogens is 1. The van der Waals surface area contributed by atoms with Gasteiger partial charge in [0.05, 0.1) is 18.2 Å². The molecule has 0 atom stereocenters. The van der Waals surface area contributed by atoms with Gasteiger partial charge in [0.2, 0.25) is 0 Å². The number of pyridine rings is 1. The minimum atomic E-state index is 0.232. The zero-order chi connectivity index (χ0) is 11.7. The van der Waals surface area contributed by atoms with E-state index < -0.39 is 0 Å². The molecule has 3 nitrogen and oxygen atoms in total. The van der Waals surface area contributed by atoms with Gasteiger partial charge in [-0.1, -0.05) is 11.6 Å². The Morgan fingerprint density at radius 3 is 2.75 bits per heavy atom. The molecule has 0 aliphatic heterocycles. The smallest absolute Gasteiger partial charge is 0.153 e. The number of nitrogens with zero attached hydrogens (tertiary/aromatic N) is 1. The lowest BCUT2D eigenvalue weighted by Gasteiger charge is -2.07. The van der Waals surface area contributed by atoms with E-state index in [0.717, 1.165) is 22.2 Å². The SMILES string of the molecule is COc1cc(C)c2nc(Cl)c(C=O)cc2c1. The molecular formula is C12H10ClNO2. The number of methoxy groups -OCH3 is 1. The molecular weight excluding hydrogens is 226 g/mol. The molecule has 0 N–H and O–H groups in total. The maximum absolute atomic E-state index is 10.8. The summed E-state index contributed by atoms with van der Waals surface area (Å²) in [5.74, 6) is 0.742. The minimum Gasteiger partial charge on any atom is -0.497 e. The van der Waals surface area contributed by atoms with Crippen molar-refractivity contribution < 1.29 is 9.53 Å². The topological polar surface area (TPSA) is 39.2 Å². The molecule has 1 aromatic carbocycles. The largest absolute Gasteiger partial charge is 0.497 e. The molecule has 0 aliphatic rings. The lowest BCUT2D eigenvalue weighted by molar-refractivity contribution is 0.112. The van der Waals surface area contributed by atoms with Crippen LogP contribution in [0.1, 0.15) is 15.9 Å². The highest BCUT2D eigenvalue weighted by molar-refractivity contribution is 6.32. The van der Waals surface area contributed by atoms with Crippen LogP contribution in [0.4, 0.5) is 0 Å². The second-order valence-corrected chi connectivity index (χ2v) is 3.86. The maximum atomic E-state index is 10.8. The number of carbonyl (C=O) groups excluding carboxylic acids is 1. The molecule has 0 bridgehead atoms. The quantitative estimate of drug-likeness (QED) is 0.593. The lowest BCUT2D eigenvalue weighted by Crippen LogP contribution is -1.92. The number of aryl methyl sites for hydroxylation is 1. The zero-order valence-corrected chi connectivity index (χ0v) is 9.71. The highest BCUT2D eigenvalue weighted by Gasteiger charge is 2.07. The fourth-order valence-electron chi connectivity index (χ4n) is 1.63. The molecule has 0 saturated heterocycles. The number of carbonyl (C=O) groups is 1. The van der Waals surface area contributed by atoms with Crippen molar-refractivity contribution in [2.24, 2.45) is 0 Å². The Labute approximate surface area is 98.0 Å². The van der Waals surface area contributed by atoms with Crippen molar-refractivity contribution in [2.75, 3.05) is 7.11 Å². The summed E-state index contributed by atoms with van der Waals surface area (Å²) in [6, 6.07) is 5.43. The molecule has 1 aromatic heterocycles. The first-order chi connectivity index (χ1) is 7.65. The van der Waals surface area contributed by atoms with E-state index in [1.807, 2.05) is 19.1 Å². The summed E-state index contributed by atoms with van der Waals surface area (Å²) >= 11 is 5.88. The van der Waals surface area contributed by atoms with E-state index in [1.54, 1.807) is 13.2 Å². The van der Waals surface area contributed by atoms with Crippen LogP contribution >= 0.6 is 11.6 Å². The molecule has 0 unspecified atom stereocenters. The summed E-state index contributed by atoms with van der Waals surface area (Å²) in [5, 5.41) is 1.08. The molecule has 2 rings (SSSR count). The van der Waals surface area contributed by atoms with Gasteiger partial charge in [0, 0.05) is 5.39 Å². The van der Waals surface area contributed by atoms with Gasteiger partial charge in [0.1, 0.15) is 10.9 Å². The van der Waals surface area contributed by atoms with E-state index in [-0.39, 0.29) is 5.15 Å². The molecule has 1 heterocycles. The van der Waals surface area contributed by atoms with Crippen LogP contribution in [-0.4, -0.2) is 18.4 Å². The molecule has 0 fully saturated rings. The molecule has 0 saturated carbocycles. The predicted molar refractivity (Wildman–Crippen MR) is 63.4 cm³/mol. The Bertz CT molecular complexity index is 566. The summed E-state index contributed by atoms with van der Waals surface area (Å²) < 4.78 is 5.16. The fourth-order valence-corrected chi connectivity index (χ4v) is 1.81. The molecule has 82 valence electrons. The van der Waals surface area contributed by atoms with Crippen molar-refractivity contribution in [1.82, 2.24) is 4.98 Å². The normalized spacial score (nSPS) is 10.4. The summed E-state index contributed by atoms with van der Waals surface area (Å²) in [7, 11) is 1.60. The van der Waals surface area contributed by atoms with E-state index in [4.69, 9.17) is 16.3 Å². The van der Waals surface area contributed by atoms with Crippen LogP contribution in [-0.2, 0) is 0 Å². The number of rotatable bonds is 2. The van der Waals surface area contributed by atoms with Crippen LogP contribution in [0, 0.1) is 6.92 Å². The number of fused-ring (bicyclic) bond motifs is 1. The summed E-state index contributed by atoms with van der Waals surface area (Å²) in [5.41, 5.74) is 2.15. The fraction of sp³-hybridized carbons (Fsp3) is 0.167. The van der Waals surface area contributed by atoms with Gasteiger partial charge < -0.3 is 4.74 Å². The molecule has 2 aromatic rings. The number of hydrogen-bond donors (Lipinski definition) is 0. The molecule has 0 amide bonds. The molecule has 16 heavy (non-hydrogen) atoms. The van der Waals surface area contributed by atoms with Gasteiger partial charge in [0.25, 0.3) is 0 Å². The van der Waals surface area contributed by atoms with Gasteiger partial charge in [0.15, 0.2) is 6.29 Å². The maximum Gasteiger partial charge on any atom is 0.153 e. The lowest BCUT2D eigenvalue weighted by atomic mass is 10.1. The first-order valence-corrected chi connectivity index (χ1v) is 5.13. The first kappa shape index (κ1) is 10.9. The average Bonchev–Trinajstić information content (AvgIpc) is 2.29. The number of aldehydes is 1. The highest BCUT2D eigenvalue weighted by atomic mass is 35.5. The Kier molecular flexibility index (Phi) is 2.79. The van der Waals surface area contributed by atoms with Crippen LogP contribution in [0.25, 0.3) is 10.9 Å². The number of benzene rings is 1. The Morgan fingerprint density at radius 2 is 2.12 bits per heavy atom. The first-order valence-electron chi connectivity index (χ1n) is 4.75. The predicted octanol–water partition coefficient (Wildman–Crippen LogP) is 3.02. The van der Waals surface area contributed by atoms with Crippen molar-refractivity contribution in [3.05, 3.63) is 34.5 Å². The number of hydrogen-bond acceptors (Lipinski definition) is 3. The van der Waals surface area contributed by atoms with Crippen molar-refractivity contribution >= 4 is 28.8 Å². The van der Waals surface area contributed by atoms with Crippen LogP contribution in [0.15, 0.2) is 18.2 Å². The summed E-state index contributed by atoms with van der Waals surface area (Å²) in [6.45, 7) is 1.93. The van der Waals surface area contributed by atoms with Crippen LogP contribution in [0.2, 0.25) is 5.15 Å². The molecule has 0 spiro atoms. The third-order valence-electron chi connectivity index (χ3n) is 2.43. The Morgan fingerprint density at radius 1 is 1.38 bits per heavy atom. The third kappa shape index (κ3) is 1.74. The number of halogens is 1. The van der Waals surface area contributed by atoms with Crippen molar-refractivity contribution in [1.29, 1.82) is 0 Å². The van der Waals surface area contributed by atoms with Gasteiger partial charge in [-0.15, -0.1) is 0 Å². The highest BCUT2D eigenvalue weighted by Crippen LogP contribution is 2.26. The molecule has 4 heteroatoms. The van der Waals surface area contributed by atoms with Crippen molar-refractivity contribution in [2.45, 2.75) is 6.92 Å². The van der Waals surface area contributed by atoms with Gasteiger partial charge in [-0.25, -0.2) is 4.98 Å². The van der Waals surface area contributed by atoms with Crippen LogP contribution in [0.5, 0.6) is 5.75 Å². The van der Waals surface area contributed by atoms with E-state index >= 15 is 0 Å². The van der Waals surface area contributed by atoms with E-state index in [0.29, 0.717) is 11.8 Å². The average molecular weight is 236 g/mol. The zero-order valence-electron chi connectivity index (χ0n) is 8.95. The van der Waals surface area contributed by atoms with Crippen LogP contribution in [0.3, 0.4) is 0 Å². The van der Waals surface area contributed by atoms with Gasteiger partial charge >= 0.3 is 0 Å². The monoisotopic (exact) mass is 235 g/mol. The second kappa shape index (κ2) is 4.10.